The van der Waals surface area contributed by atoms with Crippen molar-refractivity contribution in [3.63, 3.8) is 0 Å². The van der Waals surface area contributed by atoms with E-state index in [9.17, 15) is 9.59 Å². The van der Waals surface area contributed by atoms with Crippen LogP contribution in [0.4, 0.5) is 10.5 Å². The lowest BCUT2D eigenvalue weighted by Crippen LogP contribution is -2.42. The zero-order valence-corrected chi connectivity index (χ0v) is 17.1. The third-order valence-electron chi connectivity index (χ3n) is 5.15. The van der Waals surface area contributed by atoms with Crippen LogP contribution in [0.2, 0.25) is 0 Å². The van der Waals surface area contributed by atoms with E-state index in [0.717, 1.165) is 55.8 Å². The maximum Gasteiger partial charge on any atom is 0.321 e. The monoisotopic (exact) mass is 399 g/mol. The molecule has 1 saturated heterocycles. The Kier molecular flexibility index (Phi) is 7.21. The Hall–Kier alpha value is -2.90. The molecule has 0 unspecified atom stereocenters. The number of anilines is 1. The van der Waals surface area contributed by atoms with Crippen LogP contribution >= 0.6 is 0 Å². The van der Waals surface area contributed by atoms with E-state index in [-0.39, 0.29) is 17.9 Å². The van der Waals surface area contributed by atoms with Crippen molar-refractivity contribution in [2.45, 2.75) is 52.0 Å². The summed E-state index contributed by atoms with van der Waals surface area (Å²) in [7, 11) is 0. The normalized spacial score (nSPS) is 16.5. The summed E-state index contributed by atoms with van der Waals surface area (Å²) in [6.07, 6.45) is 5.25. The van der Waals surface area contributed by atoms with E-state index in [0.29, 0.717) is 13.2 Å². The number of piperidine rings is 1. The number of benzene rings is 1. The van der Waals surface area contributed by atoms with Crippen molar-refractivity contribution in [3.05, 3.63) is 42.0 Å². The number of aromatic nitrogens is 3. The van der Waals surface area contributed by atoms with Gasteiger partial charge in [-0.25, -0.2) is 4.79 Å². The standard InChI is InChI=1S/C21H29N5O3/c1-3-25-15-22-24-20(25)18-9-5-11-26(14-18)21(28)23-19-10-4-7-17(13-19)8-6-12-29-16(2)27/h4,7,10,13,15,18H,3,5-6,8-9,11-12,14H2,1-2H3,(H,23,28)/t18-/m1/s1. The van der Waals surface area contributed by atoms with Gasteiger partial charge >= 0.3 is 12.0 Å². The first-order valence-corrected chi connectivity index (χ1v) is 10.2. The van der Waals surface area contributed by atoms with Gasteiger partial charge in [0.25, 0.3) is 0 Å². The molecule has 2 amide bonds. The molecule has 29 heavy (non-hydrogen) atoms. The van der Waals surface area contributed by atoms with Crippen molar-refractivity contribution in [2.75, 3.05) is 25.0 Å². The van der Waals surface area contributed by atoms with Gasteiger partial charge in [0.15, 0.2) is 0 Å². The molecule has 1 fully saturated rings. The van der Waals surface area contributed by atoms with E-state index in [2.05, 4.69) is 22.4 Å². The smallest absolute Gasteiger partial charge is 0.321 e. The van der Waals surface area contributed by atoms with Crippen LogP contribution in [0.1, 0.15) is 50.4 Å². The maximum absolute atomic E-state index is 12.8. The van der Waals surface area contributed by atoms with E-state index in [1.807, 2.05) is 33.7 Å². The Labute approximate surface area is 171 Å². The van der Waals surface area contributed by atoms with Gasteiger partial charge < -0.3 is 19.5 Å². The lowest BCUT2D eigenvalue weighted by atomic mass is 9.97. The van der Waals surface area contributed by atoms with Crippen LogP contribution in [0.5, 0.6) is 0 Å². The van der Waals surface area contributed by atoms with E-state index in [4.69, 9.17) is 4.74 Å². The molecule has 1 aromatic carbocycles. The number of amides is 2. The number of likely N-dealkylation sites (tertiary alicyclic amines) is 1. The number of aryl methyl sites for hydroxylation is 2. The fraction of sp³-hybridized carbons (Fsp3) is 0.524. The molecule has 0 radical (unpaired) electrons. The van der Waals surface area contributed by atoms with Crippen LogP contribution in [0.3, 0.4) is 0 Å². The summed E-state index contributed by atoms with van der Waals surface area (Å²) >= 11 is 0. The van der Waals surface area contributed by atoms with Gasteiger partial charge in [-0.1, -0.05) is 12.1 Å². The van der Waals surface area contributed by atoms with Crippen LogP contribution in [-0.4, -0.2) is 51.4 Å². The molecule has 0 aliphatic carbocycles. The fourth-order valence-corrected chi connectivity index (χ4v) is 3.70. The molecule has 2 aromatic rings. The van der Waals surface area contributed by atoms with Crippen LogP contribution < -0.4 is 5.32 Å². The largest absolute Gasteiger partial charge is 0.466 e. The molecule has 1 atom stereocenters. The number of hydrogen-bond acceptors (Lipinski definition) is 5. The minimum Gasteiger partial charge on any atom is -0.466 e. The van der Waals surface area contributed by atoms with Crippen LogP contribution in [0, 0.1) is 0 Å². The first-order chi connectivity index (χ1) is 14.1. The summed E-state index contributed by atoms with van der Waals surface area (Å²) in [4.78, 5) is 25.5. The number of carbonyl (C=O) groups is 2. The summed E-state index contributed by atoms with van der Waals surface area (Å²) in [5, 5.41) is 11.3. The second kappa shape index (κ2) is 10.0. The minimum absolute atomic E-state index is 0.0886. The van der Waals surface area contributed by atoms with Crippen molar-refractivity contribution in [1.29, 1.82) is 0 Å². The zero-order chi connectivity index (χ0) is 20.6. The number of rotatable bonds is 7. The predicted molar refractivity (Wildman–Crippen MR) is 110 cm³/mol. The second-order valence-electron chi connectivity index (χ2n) is 7.33. The van der Waals surface area contributed by atoms with Crippen molar-refractivity contribution in [2.24, 2.45) is 0 Å². The zero-order valence-electron chi connectivity index (χ0n) is 17.1. The molecule has 1 aliphatic rings. The van der Waals surface area contributed by atoms with Crippen LogP contribution in [0.15, 0.2) is 30.6 Å². The first kappa shape index (κ1) is 20.8. The van der Waals surface area contributed by atoms with Gasteiger partial charge in [-0.2, -0.15) is 0 Å². The van der Waals surface area contributed by atoms with Gasteiger partial charge in [-0.15, -0.1) is 10.2 Å². The summed E-state index contributed by atoms with van der Waals surface area (Å²) in [5.74, 6) is 0.910. The maximum atomic E-state index is 12.8. The fourth-order valence-electron chi connectivity index (χ4n) is 3.70. The lowest BCUT2D eigenvalue weighted by molar-refractivity contribution is -0.141. The molecule has 156 valence electrons. The van der Waals surface area contributed by atoms with Gasteiger partial charge in [-0.3, -0.25) is 4.79 Å². The summed E-state index contributed by atoms with van der Waals surface area (Å²) in [6, 6.07) is 7.72. The van der Waals surface area contributed by atoms with Crippen LogP contribution in [0.25, 0.3) is 0 Å². The molecular formula is C21H29N5O3. The molecule has 0 bridgehead atoms. The van der Waals surface area contributed by atoms with E-state index < -0.39 is 0 Å². The summed E-state index contributed by atoms with van der Waals surface area (Å²) < 4.78 is 7.02. The number of hydrogen-bond donors (Lipinski definition) is 1. The highest BCUT2D eigenvalue weighted by atomic mass is 16.5. The Morgan fingerprint density at radius 2 is 2.21 bits per heavy atom. The van der Waals surface area contributed by atoms with Gasteiger partial charge in [0, 0.05) is 38.2 Å². The second-order valence-corrected chi connectivity index (χ2v) is 7.33. The molecular weight excluding hydrogens is 370 g/mol. The molecule has 3 rings (SSSR count). The topological polar surface area (TPSA) is 89.3 Å². The van der Waals surface area contributed by atoms with Crippen molar-refractivity contribution in [1.82, 2.24) is 19.7 Å². The lowest BCUT2D eigenvalue weighted by Gasteiger charge is -2.32. The first-order valence-electron chi connectivity index (χ1n) is 10.2. The minimum atomic E-state index is -0.261. The molecule has 0 spiro atoms. The number of nitrogens with one attached hydrogen (secondary N) is 1. The average Bonchev–Trinajstić information content (AvgIpc) is 3.20. The number of urea groups is 1. The highest BCUT2D eigenvalue weighted by molar-refractivity contribution is 5.89. The number of carbonyl (C=O) groups excluding carboxylic acids is 2. The molecule has 1 aromatic heterocycles. The van der Waals surface area contributed by atoms with Crippen molar-refractivity contribution >= 4 is 17.7 Å². The SMILES string of the molecule is CCn1cnnc1[C@@H]1CCCN(C(=O)Nc2cccc(CCCOC(C)=O)c2)C1. The molecule has 8 nitrogen and oxygen atoms in total. The number of nitrogens with zero attached hydrogens (tertiary/aromatic N) is 4. The van der Waals surface area contributed by atoms with E-state index in [1.54, 1.807) is 6.33 Å². The van der Waals surface area contributed by atoms with Gasteiger partial charge in [0.1, 0.15) is 12.2 Å². The average molecular weight is 399 g/mol. The third-order valence-corrected chi connectivity index (χ3v) is 5.15. The van der Waals surface area contributed by atoms with E-state index >= 15 is 0 Å². The summed E-state index contributed by atoms with van der Waals surface area (Å²) in [6.45, 7) is 6.10. The van der Waals surface area contributed by atoms with Gasteiger partial charge in [0.2, 0.25) is 0 Å². The van der Waals surface area contributed by atoms with Crippen molar-refractivity contribution in [3.8, 4) is 0 Å². The molecule has 1 N–H and O–H groups in total. The Morgan fingerprint density at radius 1 is 1.34 bits per heavy atom. The van der Waals surface area contributed by atoms with Gasteiger partial charge in [0.05, 0.1) is 6.61 Å². The van der Waals surface area contributed by atoms with Crippen molar-refractivity contribution < 1.29 is 14.3 Å². The number of esters is 1. The Bertz CT molecular complexity index is 835. The molecule has 2 heterocycles. The Morgan fingerprint density at radius 3 is 3.00 bits per heavy atom. The summed E-state index contributed by atoms with van der Waals surface area (Å²) in [5.41, 5.74) is 1.88. The van der Waals surface area contributed by atoms with E-state index in [1.165, 1.54) is 6.92 Å². The quantitative estimate of drug-likeness (QED) is 0.570. The predicted octanol–water partition coefficient (Wildman–Crippen LogP) is 3.21. The van der Waals surface area contributed by atoms with Gasteiger partial charge in [-0.05, 0) is 50.3 Å². The number of ether oxygens (including phenoxy) is 1. The third kappa shape index (κ3) is 5.79. The molecule has 0 saturated carbocycles. The Balaban J connectivity index is 1.55. The highest BCUT2D eigenvalue weighted by Crippen LogP contribution is 2.26. The highest BCUT2D eigenvalue weighted by Gasteiger charge is 2.27. The van der Waals surface area contributed by atoms with Crippen LogP contribution in [-0.2, 0) is 22.5 Å². The molecule has 1 aliphatic heterocycles. The molecule has 8 heteroatoms.